The number of rotatable bonds is 6. The van der Waals surface area contributed by atoms with Crippen LogP contribution in [-0.4, -0.2) is 26.8 Å². The molecule has 0 radical (unpaired) electrons. The van der Waals surface area contributed by atoms with Crippen LogP contribution in [0.2, 0.25) is 0 Å². The molecule has 0 saturated carbocycles. The lowest BCUT2D eigenvalue weighted by Crippen LogP contribution is -2.04. The van der Waals surface area contributed by atoms with Crippen molar-refractivity contribution in [2.24, 2.45) is 0 Å². The highest BCUT2D eigenvalue weighted by molar-refractivity contribution is 6.11. The Hall–Kier alpha value is -3.15. The number of fused-ring (bicyclic) bond motifs is 1. The molecule has 0 unspecified atom stereocenters. The summed E-state index contributed by atoms with van der Waals surface area (Å²) < 4.78 is 21.3. The van der Waals surface area contributed by atoms with Gasteiger partial charge in [0, 0.05) is 11.1 Å². The molecule has 1 aliphatic rings. The van der Waals surface area contributed by atoms with Gasteiger partial charge < -0.3 is 24.7 Å². The summed E-state index contributed by atoms with van der Waals surface area (Å²) in [6.45, 7) is 2.09. The quantitative estimate of drug-likeness (QED) is 0.484. The van der Waals surface area contributed by atoms with E-state index in [0.717, 1.165) is 5.56 Å². The number of nitrogen functional groups attached to an aromatic ring is 1. The van der Waals surface area contributed by atoms with Crippen molar-refractivity contribution in [3.8, 4) is 23.0 Å². The number of Topliss-reactive ketones (excluding diaryl/α,β-unsaturated/α-hetero) is 1. The largest absolute Gasteiger partial charge is 0.495 e. The number of anilines is 1. The molecule has 0 atom stereocenters. The second-order valence-electron chi connectivity index (χ2n) is 5.77. The van der Waals surface area contributed by atoms with E-state index >= 15 is 0 Å². The summed E-state index contributed by atoms with van der Waals surface area (Å²) in [5.41, 5.74) is 8.32. The predicted octanol–water partition coefficient (Wildman–Crippen LogP) is 3.69. The minimum atomic E-state index is -0.0847. The lowest BCUT2D eigenvalue weighted by Gasteiger charge is -2.10. The standard InChI is InChI=1S/C20H21NO5/c1-4-13(19(22)14-5-6-16(23-2)15(21)10-14)7-12-8-17(24-3)20-18(9-12)25-11-26-20/h5-10H,4,11,21H2,1-3H3. The van der Waals surface area contributed by atoms with E-state index in [4.69, 9.17) is 24.7 Å². The van der Waals surface area contributed by atoms with E-state index in [1.165, 1.54) is 7.11 Å². The van der Waals surface area contributed by atoms with Gasteiger partial charge in [-0.3, -0.25) is 4.79 Å². The molecule has 2 aromatic carbocycles. The van der Waals surface area contributed by atoms with Crippen LogP contribution in [0.25, 0.3) is 6.08 Å². The molecule has 0 spiro atoms. The van der Waals surface area contributed by atoms with Crippen LogP contribution in [-0.2, 0) is 0 Å². The van der Waals surface area contributed by atoms with Crippen molar-refractivity contribution in [1.82, 2.24) is 0 Å². The molecule has 0 fully saturated rings. The summed E-state index contributed by atoms with van der Waals surface area (Å²) in [5.74, 6) is 2.22. The number of ether oxygens (including phenoxy) is 4. The van der Waals surface area contributed by atoms with Crippen LogP contribution >= 0.6 is 0 Å². The molecule has 0 saturated heterocycles. The van der Waals surface area contributed by atoms with Gasteiger partial charge in [0.15, 0.2) is 17.3 Å². The second-order valence-corrected chi connectivity index (χ2v) is 5.77. The van der Waals surface area contributed by atoms with Crippen LogP contribution in [0.1, 0.15) is 29.3 Å². The smallest absolute Gasteiger partial charge is 0.231 e. The first-order chi connectivity index (χ1) is 12.6. The van der Waals surface area contributed by atoms with Crippen LogP contribution < -0.4 is 24.7 Å². The third-order valence-electron chi connectivity index (χ3n) is 4.19. The summed E-state index contributed by atoms with van der Waals surface area (Å²) in [6, 6.07) is 8.68. The Bertz CT molecular complexity index is 873. The van der Waals surface area contributed by atoms with Crippen LogP contribution in [0.5, 0.6) is 23.0 Å². The minimum absolute atomic E-state index is 0.0847. The maximum Gasteiger partial charge on any atom is 0.231 e. The first-order valence-corrected chi connectivity index (χ1v) is 8.23. The molecule has 136 valence electrons. The lowest BCUT2D eigenvalue weighted by molar-refractivity contribution is 0.103. The summed E-state index contributed by atoms with van der Waals surface area (Å²) in [4.78, 5) is 12.9. The number of hydrogen-bond acceptors (Lipinski definition) is 6. The van der Waals surface area contributed by atoms with Crippen LogP contribution in [0, 0.1) is 0 Å². The Kier molecular flexibility index (Phi) is 5.02. The molecule has 2 aromatic rings. The second kappa shape index (κ2) is 7.39. The fraction of sp³-hybridized carbons (Fsp3) is 0.250. The average Bonchev–Trinajstić information content (AvgIpc) is 3.13. The Morgan fingerprint density at radius 2 is 1.92 bits per heavy atom. The maximum absolute atomic E-state index is 12.9. The lowest BCUT2D eigenvalue weighted by atomic mass is 9.98. The van der Waals surface area contributed by atoms with Gasteiger partial charge in [0.05, 0.1) is 19.9 Å². The van der Waals surface area contributed by atoms with E-state index in [1.54, 1.807) is 25.3 Å². The molecule has 0 aromatic heterocycles. The normalized spacial score (nSPS) is 12.8. The van der Waals surface area contributed by atoms with Crippen molar-refractivity contribution in [2.75, 3.05) is 26.7 Å². The number of benzene rings is 2. The third kappa shape index (κ3) is 3.31. The summed E-state index contributed by atoms with van der Waals surface area (Å²) in [7, 11) is 3.11. The van der Waals surface area contributed by atoms with Crippen molar-refractivity contribution in [1.29, 1.82) is 0 Å². The monoisotopic (exact) mass is 355 g/mol. The molecule has 0 amide bonds. The van der Waals surface area contributed by atoms with Gasteiger partial charge in [-0.25, -0.2) is 0 Å². The van der Waals surface area contributed by atoms with Gasteiger partial charge >= 0.3 is 0 Å². The molecule has 6 nitrogen and oxygen atoms in total. The molecule has 0 bridgehead atoms. The van der Waals surface area contributed by atoms with Gasteiger partial charge in [0.25, 0.3) is 0 Å². The Morgan fingerprint density at radius 3 is 2.58 bits per heavy atom. The van der Waals surface area contributed by atoms with Gasteiger partial charge in [-0.1, -0.05) is 6.92 Å². The minimum Gasteiger partial charge on any atom is -0.495 e. The number of carbonyl (C=O) groups excluding carboxylic acids is 1. The Labute approximate surface area is 152 Å². The van der Waals surface area contributed by atoms with Crippen molar-refractivity contribution in [2.45, 2.75) is 13.3 Å². The number of carbonyl (C=O) groups is 1. The van der Waals surface area contributed by atoms with Crippen LogP contribution in [0.3, 0.4) is 0 Å². The molecule has 2 N–H and O–H groups in total. The highest BCUT2D eigenvalue weighted by Gasteiger charge is 2.20. The molecular formula is C20H21NO5. The Morgan fingerprint density at radius 1 is 1.15 bits per heavy atom. The van der Waals surface area contributed by atoms with E-state index in [-0.39, 0.29) is 12.6 Å². The van der Waals surface area contributed by atoms with E-state index < -0.39 is 0 Å². The zero-order chi connectivity index (χ0) is 18.7. The van der Waals surface area contributed by atoms with E-state index in [2.05, 4.69) is 0 Å². The zero-order valence-corrected chi connectivity index (χ0v) is 15.0. The van der Waals surface area contributed by atoms with Gasteiger partial charge in [0.1, 0.15) is 5.75 Å². The van der Waals surface area contributed by atoms with E-state index in [1.807, 2.05) is 25.1 Å². The van der Waals surface area contributed by atoms with Gasteiger partial charge in [0.2, 0.25) is 12.5 Å². The maximum atomic E-state index is 12.9. The number of ketones is 1. The molecule has 0 aliphatic carbocycles. The predicted molar refractivity (Wildman–Crippen MR) is 99.1 cm³/mol. The molecule has 3 rings (SSSR count). The fourth-order valence-corrected chi connectivity index (χ4v) is 2.82. The number of allylic oxidation sites excluding steroid dienone is 1. The summed E-state index contributed by atoms with van der Waals surface area (Å²) >= 11 is 0. The highest BCUT2D eigenvalue weighted by atomic mass is 16.7. The van der Waals surface area contributed by atoms with Crippen LogP contribution in [0.15, 0.2) is 35.9 Å². The summed E-state index contributed by atoms with van der Waals surface area (Å²) in [6.07, 6.45) is 2.40. The van der Waals surface area contributed by atoms with Crippen molar-refractivity contribution in [3.05, 3.63) is 47.0 Å². The van der Waals surface area contributed by atoms with Crippen molar-refractivity contribution in [3.63, 3.8) is 0 Å². The average molecular weight is 355 g/mol. The van der Waals surface area contributed by atoms with Gasteiger partial charge in [-0.15, -0.1) is 0 Å². The van der Waals surface area contributed by atoms with E-state index in [9.17, 15) is 4.79 Å². The number of nitrogens with two attached hydrogens (primary N) is 1. The molecular weight excluding hydrogens is 334 g/mol. The topological polar surface area (TPSA) is 80.0 Å². The fourth-order valence-electron chi connectivity index (χ4n) is 2.82. The zero-order valence-electron chi connectivity index (χ0n) is 15.0. The molecule has 1 heterocycles. The number of hydrogen-bond donors (Lipinski definition) is 1. The van der Waals surface area contributed by atoms with Crippen LogP contribution in [0.4, 0.5) is 5.69 Å². The Balaban J connectivity index is 1.96. The highest BCUT2D eigenvalue weighted by Crippen LogP contribution is 2.42. The van der Waals surface area contributed by atoms with Crippen molar-refractivity contribution < 1.29 is 23.7 Å². The molecule has 26 heavy (non-hydrogen) atoms. The molecule has 1 aliphatic heterocycles. The molecule has 6 heteroatoms. The first kappa shape index (κ1) is 17.7. The third-order valence-corrected chi connectivity index (χ3v) is 4.19. The first-order valence-electron chi connectivity index (χ1n) is 8.23. The number of methoxy groups -OCH3 is 2. The SMILES string of the molecule is CCC(=Cc1cc(OC)c2c(c1)OCO2)C(=O)c1ccc(OC)c(N)c1. The van der Waals surface area contributed by atoms with Crippen molar-refractivity contribution >= 4 is 17.5 Å². The van der Waals surface area contributed by atoms with Gasteiger partial charge in [-0.2, -0.15) is 0 Å². The summed E-state index contributed by atoms with van der Waals surface area (Å²) in [5, 5.41) is 0. The van der Waals surface area contributed by atoms with Gasteiger partial charge in [-0.05, 0) is 48.4 Å². The van der Waals surface area contributed by atoms with E-state index in [0.29, 0.717) is 46.2 Å².